The molecule has 0 bridgehead atoms. The van der Waals surface area contributed by atoms with E-state index in [-0.39, 0.29) is 52.6 Å². The number of esters is 1. The third-order valence-electron chi connectivity index (χ3n) is 21.1. The maximum absolute atomic E-state index is 15.3. The summed E-state index contributed by atoms with van der Waals surface area (Å²) in [4.78, 5) is 15.3. The standard InChI is InChI=1S/C53H86O22/c1-23-32(57)35(60)40(65)45(70-23)74-42-28(21-69-43-39(64)36(61)34(59)27(19-54)71-43)72-46(41(66)37(42)62)75-47(67)53-16-14-48(2,3)18-25(53)24-8-9-30-49(4)12-11-31(73-44-38(63)33(58)26(56)20-68-44)50(5,22-55)29(49)10-13-52(30,7)51(24,6)15-17-53/h8,23,25-46,54-66H,9-22H2,1-7H3/t23-,25+,26+,27+,28+,29-,30-,31+,32-,33+,34+,35+,36-,37+,38-,39+,40+,41+,42+,43+,44+,45-,46-,49+,50+,51-,52-,53+/m1/s1. The van der Waals surface area contributed by atoms with Gasteiger partial charge in [0.15, 0.2) is 18.9 Å². The first-order valence-corrected chi connectivity index (χ1v) is 27.3. The monoisotopic (exact) mass is 1070 g/mol. The summed E-state index contributed by atoms with van der Waals surface area (Å²) < 4.78 is 47.7. The molecule has 9 rings (SSSR count). The van der Waals surface area contributed by atoms with Crippen molar-refractivity contribution in [2.75, 3.05) is 26.4 Å². The molecular formula is C53H86O22. The number of rotatable bonds is 11. The fourth-order valence-electron chi connectivity index (χ4n) is 16.1. The molecule has 0 unspecified atom stereocenters. The molecule has 4 saturated carbocycles. The minimum absolute atomic E-state index is 0.0184. The summed E-state index contributed by atoms with van der Waals surface area (Å²) in [5, 5.41) is 139. The van der Waals surface area contributed by atoms with Gasteiger partial charge in [0, 0.05) is 5.41 Å². The van der Waals surface area contributed by atoms with Crippen molar-refractivity contribution in [3.8, 4) is 0 Å². The second-order valence-corrected chi connectivity index (χ2v) is 25.7. The minimum atomic E-state index is -1.95. The molecule has 0 aromatic carbocycles. The summed E-state index contributed by atoms with van der Waals surface area (Å²) >= 11 is 0. The van der Waals surface area contributed by atoms with Crippen LogP contribution in [0.3, 0.4) is 0 Å². The number of fused-ring (bicyclic) bond motifs is 7. The summed E-state index contributed by atoms with van der Waals surface area (Å²) in [5.74, 6) is -0.708. The van der Waals surface area contributed by atoms with Gasteiger partial charge in [-0.15, -0.1) is 0 Å². The van der Waals surface area contributed by atoms with Crippen molar-refractivity contribution in [3.05, 3.63) is 11.6 Å². The third kappa shape index (κ3) is 9.50. The Morgan fingerprint density at radius 2 is 1.28 bits per heavy atom. The summed E-state index contributed by atoms with van der Waals surface area (Å²) in [7, 11) is 0. The van der Waals surface area contributed by atoms with Crippen LogP contribution in [0.2, 0.25) is 0 Å². The Morgan fingerprint density at radius 1 is 0.640 bits per heavy atom. The average Bonchev–Trinajstić information content (AvgIpc) is 3.37. The van der Waals surface area contributed by atoms with Gasteiger partial charge in [0.05, 0.1) is 44.1 Å². The third-order valence-corrected chi connectivity index (χ3v) is 21.1. The van der Waals surface area contributed by atoms with E-state index in [9.17, 15) is 66.4 Å². The summed E-state index contributed by atoms with van der Waals surface area (Å²) in [5.41, 5.74) is -1.63. The van der Waals surface area contributed by atoms with E-state index in [2.05, 4.69) is 40.7 Å². The number of aliphatic hydroxyl groups excluding tert-OH is 13. The fourth-order valence-corrected chi connectivity index (χ4v) is 16.1. The van der Waals surface area contributed by atoms with Crippen molar-refractivity contribution in [2.45, 2.75) is 235 Å². The molecule has 4 saturated heterocycles. The van der Waals surface area contributed by atoms with Crippen molar-refractivity contribution in [3.63, 3.8) is 0 Å². The van der Waals surface area contributed by atoms with E-state index in [0.29, 0.717) is 38.5 Å². The highest BCUT2D eigenvalue weighted by atomic mass is 16.8. The lowest BCUT2D eigenvalue weighted by molar-refractivity contribution is -0.362. The van der Waals surface area contributed by atoms with Crippen molar-refractivity contribution in [2.24, 2.45) is 50.2 Å². The summed E-state index contributed by atoms with van der Waals surface area (Å²) in [6, 6.07) is 0. The average molecular weight is 1080 g/mol. The predicted molar refractivity (Wildman–Crippen MR) is 257 cm³/mol. The molecule has 4 heterocycles. The topological polar surface area (TPSA) is 354 Å². The van der Waals surface area contributed by atoms with Gasteiger partial charge in [0.1, 0.15) is 85.5 Å². The molecule has 8 fully saturated rings. The molecule has 9 aliphatic rings. The fraction of sp³-hybridized carbons (Fsp3) is 0.943. The highest BCUT2D eigenvalue weighted by Crippen LogP contribution is 2.76. The van der Waals surface area contributed by atoms with Gasteiger partial charge < -0.3 is 104 Å². The van der Waals surface area contributed by atoms with Crippen LogP contribution in [0.1, 0.15) is 113 Å². The van der Waals surface area contributed by atoms with Crippen LogP contribution in [0.15, 0.2) is 11.6 Å². The number of hydrogen-bond donors (Lipinski definition) is 13. The van der Waals surface area contributed by atoms with E-state index < -0.39 is 153 Å². The number of ether oxygens (including phenoxy) is 8. The van der Waals surface area contributed by atoms with Gasteiger partial charge in [-0.25, -0.2) is 0 Å². The van der Waals surface area contributed by atoms with Gasteiger partial charge in [-0.3, -0.25) is 4.79 Å². The first-order valence-electron chi connectivity index (χ1n) is 27.3. The number of aliphatic hydroxyl groups is 13. The molecular weight excluding hydrogens is 989 g/mol. The van der Waals surface area contributed by atoms with Gasteiger partial charge >= 0.3 is 5.97 Å². The van der Waals surface area contributed by atoms with Crippen LogP contribution in [0.25, 0.3) is 0 Å². The Labute approximate surface area is 437 Å². The zero-order valence-corrected chi connectivity index (χ0v) is 44.2. The van der Waals surface area contributed by atoms with Crippen LogP contribution in [0, 0.1) is 50.2 Å². The van der Waals surface area contributed by atoms with Gasteiger partial charge in [-0.1, -0.05) is 53.2 Å². The molecule has 430 valence electrons. The number of hydrogen-bond acceptors (Lipinski definition) is 22. The number of carbonyl (C=O) groups excluding carboxylic acids is 1. The Balaban J connectivity index is 0.970. The number of allylic oxidation sites excluding steroid dienone is 2. The van der Waals surface area contributed by atoms with E-state index >= 15 is 4.79 Å². The highest BCUT2D eigenvalue weighted by Gasteiger charge is 2.71. The predicted octanol–water partition coefficient (Wildman–Crippen LogP) is -1.40. The first-order chi connectivity index (χ1) is 35.1. The molecule has 28 atom stereocenters. The molecule has 0 aromatic rings. The second-order valence-electron chi connectivity index (χ2n) is 25.7. The van der Waals surface area contributed by atoms with Gasteiger partial charge in [0.2, 0.25) is 6.29 Å². The molecule has 0 radical (unpaired) electrons. The van der Waals surface area contributed by atoms with Gasteiger partial charge in [-0.05, 0) is 111 Å². The summed E-state index contributed by atoms with van der Waals surface area (Å²) in [6.07, 6.45) is -21.8. The maximum Gasteiger partial charge on any atom is 0.315 e. The summed E-state index contributed by atoms with van der Waals surface area (Å²) in [6.45, 7) is 13.2. The smallest absolute Gasteiger partial charge is 0.315 e. The highest BCUT2D eigenvalue weighted by molar-refractivity contribution is 5.79. The van der Waals surface area contributed by atoms with E-state index in [1.165, 1.54) is 12.5 Å². The van der Waals surface area contributed by atoms with E-state index in [4.69, 9.17) is 37.9 Å². The maximum atomic E-state index is 15.3. The largest absolute Gasteiger partial charge is 0.432 e. The lowest BCUT2D eigenvalue weighted by Crippen LogP contribution is -2.67. The van der Waals surface area contributed by atoms with E-state index in [1.807, 2.05) is 6.92 Å². The van der Waals surface area contributed by atoms with Crippen LogP contribution in [0.5, 0.6) is 0 Å². The Hall–Kier alpha value is -1.59. The van der Waals surface area contributed by atoms with Crippen LogP contribution in [-0.4, -0.2) is 222 Å². The first kappa shape index (κ1) is 58.1. The minimum Gasteiger partial charge on any atom is -0.432 e. The Bertz CT molecular complexity index is 2060. The zero-order valence-electron chi connectivity index (χ0n) is 44.2. The molecule has 22 nitrogen and oxygen atoms in total. The molecule has 0 spiro atoms. The number of carbonyl (C=O) groups is 1. The van der Waals surface area contributed by atoms with Crippen LogP contribution < -0.4 is 0 Å². The van der Waals surface area contributed by atoms with Gasteiger partial charge in [-0.2, -0.15) is 0 Å². The SMILES string of the molecule is C[C@H]1O[C@H](O[C@@H]2[C@@H](O)[C@H](O)[C@@H](OC(=O)[C@]34CCC(C)(C)C[C@H]3C3=CC[C@@H]5[C@@]6(C)CC[C@H](O[C@@H]7OC[C@H](O)[C@H](O)[C@H]7O)[C@@](C)(CO)[C@@H]6CC[C@@]5(C)[C@]3(C)CC4)O[C@H]2CO[C@H]2O[C@@H](CO)[C@H](O)[C@@H](O)[C@@H]2O)[C@@H](O)[C@@H](O)[C@@H]1O. The normalized spacial score (nSPS) is 54.8. The molecule has 0 aromatic heterocycles. The van der Waals surface area contributed by atoms with Crippen molar-refractivity contribution in [1.29, 1.82) is 0 Å². The van der Waals surface area contributed by atoms with Crippen molar-refractivity contribution < 1.29 is 109 Å². The van der Waals surface area contributed by atoms with Crippen molar-refractivity contribution in [1.82, 2.24) is 0 Å². The van der Waals surface area contributed by atoms with Gasteiger partial charge in [0.25, 0.3) is 0 Å². The second kappa shape index (κ2) is 21.1. The lowest BCUT2D eigenvalue weighted by Gasteiger charge is -2.71. The molecule has 4 aliphatic heterocycles. The van der Waals surface area contributed by atoms with Crippen LogP contribution in [-0.2, 0) is 42.7 Å². The molecule has 13 N–H and O–H groups in total. The van der Waals surface area contributed by atoms with Crippen LogP contribution >= 0.6 is 0 Å². The zero-order chi connectivity index (χ0) is 54.7. The molecule has 0 amide bonds. The van der Waals surface area contributed by atoms with E-state index in [0.717, 1.165) is 25.7 Å². The lowest BCUT2D eigenvalue weighted by atomic mass is 9.33. The van der Waals surface area contributed by atoms with Crippen molar-refractivity contribution >= 4 is 5.97 Å². The van der Waals surface area contributed by atoms with E-state index in [1.54, 1.807) is 0 Å². The Morgan fingerprint density at radius 3 is 1.97 bits per heavy atom. The molecule has 22 heteroatoms. The molecule has 75 heavy (non-hydrogen) atoms. The quantitative estimate of drug-likeness (QED) is 0.0643. The Kier molecular flexibility index (Phi) is 16.3. The molecule has 5 aliphatic carbocycles. The van der Waals surface area contributed by atoms with Crippen LogP contribution in [0.4, 0.5) is 0 Å².